The van der Waals surface area contributed by atoms with Crippen LogP contribution in [-0.4, -0.2) is 11.8 Å². The summed E-state index contributed by atoms with van der Waals surface area (Å²) in [5, 5.41) is 5.61. The van der Waals surface area contributed by atoms with Crippen LogP contribution >= 0.6 is 0 Å². The van der Waals surface area contributed by atoms with Crippen molar-refractivity contribution < 1.29 is 9.59 Å². The number of rotatable bonds is 2. The van der Waals surface area contributed by atoms with Crippen LogP contribution in [0, 0.1) is 35.5 Å². The molecule has 0 aliphatic rings. The maximum absolute atomic E-state index is 12.2. The first-order chi connectivity index (χ1) is 10.9. The summed E-state index contributed by atoms with van der Waals surface area (Å²) in [6.07, 6.45) is 11.0. The molecule has 0 spiro atoms. The Balaban J connectivity index is 3.34. The fourth-order valence-corrected chi connectivity index (χ4v) is 1.66. The van der Waals surface area contributed by atoms with Crippen molar-refractivity contribution in [2.24, 2.45) is 10.8 Å². The van der Waals surface area contributed by atoms with Crippen molar-refractivity contribution in [1.29, 1.82) is 0 Å². The highest BCUT2D eigenvalue weighted by molar-refractivity contribution is 5.99. The molecular formula is C20H24N2O2. The molecule has 1 aromatic carbocycles. The highest BCUT2D eigenvalue weighted by Crippen LogP contribution is 2.28. The number of hydrogen-bond acceptors (Lipinski definition) is 2. The highest BCUT2D eigenvalue weighted by Gasteiger charge is 2.24. The van der Waals surface area contributed by atoms with Crippen LogP contribution in [-0.2, 0) is 9.59 Å². The minimum atomic E-state index is -0.578. The van der Waals surface area contributed by atoms with Gasteiger partial charge in [-0.25, -0.2) is 0 Å². The molecule has 0 saturated carbocycles. The zero-order valence-electron chi connectivity index (χ0n) is 15.1. The number of carbonyl (C=O) groups is 2. The lowest BCUT2D eigenvalue weighted by atomic mass is 9.94. The molecule has 0 radical (unpaired) electrons. The molecule has 24 heavy (non-hydrogen) atoms. The second kappa shape index (κ2) is 6.81. The summed E-state index contributed by atoms with van der Waals surface area (Å²) in [6.45, 7) is 10.8. The molecule has 0 aromatic heterocycles. The Kier molecular flexibility index (Phi) is 5.48. The first-order valence-electron chi connectivity index (χ1n) is 7.64. The Labute approximate surface area is 144 Å². The number of nitrogens with one attached hydrogen (secondary N) is 2. The van der Waals surface area contributed by atoms with Crippen LogP contribution in [0.5, 0.6) is 0 Å². The van der Waals surface area contributed by atoms with E-state index in [9.17, 15) is 9.59 Å². The normalized spacial score (nSPS) is 11.2. The molecule has 0 atom stereocenters. The van der Waals surface area contributed by atoms with Gasteiger partial charge in [-0.1, -0.05) is 53.4 Å². The summed E-state index contributed by atoms with van der Waals surface area (Å²) in [5.41, 5.74) is 0.668. The van der Waals surface area contributed by atoms with Gasteiger partial charge in [0.25, 0.3) is 0 Å². The first-order valence-corrected chi connectivity index (χ1v) is 7.64. The van der Waals surface area contributed by atoms with Crippen molar-refractivity contribution in [2.75, 3.05) is 10.6 Å². The number of benzene rings is 1. The van der Waals surface area contributed by atoms with Crippen LogP contribution < -0.4 is 10.6 Å². The van der Waals surface area contributed by atoms with Gasteiger partial charge in [0, 0.05) is 22.0 Å². The maximum atomic E-state index is 12.2. The van der Waals surface area contributed by atoms with E-state index in [0.717, 1.165) is 0 Å². The third-order valence-electron chi connectivity index (χ3n) is 3.33. The van der Waals surface area contributed by atoms with Crippen molar-refractivity contribution in [1.82, 2.24) is 0 Å². The van der Waals surface area contributed by atoms with Crippen LogP contribution in [0.4, 0.5) is 11.4 Å². The number of amides is 2. The van der Waals surface area contributed by atoms with Crippen LogP contribution in [0.1, 0.15) is 52.7 Å². The van der Waals surface area contributed by atoms with E-state index in [1.54, 1.807) is 53.7 Å². The molecular weight excluding hydrogens is 300 g/mol. The SMILES string of the molecule is C#Cc1cc(C#C)c(NC(=O)C(C)(C)C)cc1NC(=O)C(C)(C)C. The van der Waals surface area contributed by atoms with Gasteiger partial charge < -0.3 is 10.6 Å². The second-order valence-electron chi connectivity index (χ2n) is 7.64. The molecule has 4 heteroatoms. The van der Waals surface area contributed by atoms with E-state index in [4.69, 9.17) is 12.8 Å². The lowest BCUT2D eigenvalue weighted by Gasteiger charge is -2.21. The predicted octanol–water partition coefficient (Wildman–Crippen LogP) is 3.62. The van der Waals surface area contributed by atoms with Crippen molar-refractivity contribution in [3.05, 3.63) is 23.3 Å². The molecule has 0 aliphatic carbocycles. The van der Waals surface area contributed by atoms with E-state index in [1.807, 2.05) is 0 Å². The minimum absolute atomic E-state index is 0.180. The van der Waals surface area contributed by atoms with E-state index in [-0.39, 0.29) is 11.8 Å². The number of hydrogen-bond donors (Lipinski definition) is 2. The van der Waals surface area contributed by atoms with E-state index in [2.05, 4.69) is 22.5 Å². The lowest BCUT2D eigenvalue weighted by molar-refractivity contribution is -0.123. The molecule has 126 valence electrons. The standard InChI is InChI=1S/C20H24N2O2/c1-9-13-11-14(10-2)16(22-18(24)20(6,7)8)12-15(13)21-17(23)19(3,4)5/h1-2,11-12H,3-8H3,(H,21,23)(H,22,24). The van der Waals surface area contributed by atoms with E-state index in [0.29, 0.717) is 22.5 Å². The molecule has 0 fully saturated rings. The van der Waals surface area contributed by atoms with Gasteiger partial charge in [0.05, 0.1) is 11.4 Å². The average molecular weight is 324 g/mol. The molecule has 1 aromatic rings. The average Bonchev–Trinajstić information content (AvgIpc) is 2.45. The Morgan fingerprint density at radius 1 is 0.792 bits per heavy atom. The molecule has 0 unspecified atom stereocenters. The van der Waals surface area contributed by atoms with Crippen molar-refractivity contribution in [3.63, 3.8) is 0 Å². The fourth-order valence-electron chi connectivity index (χ4n) is 1.66. The number of carbonyl (C=O) groups excluding carboxylic acids is 2. The molecule has 0 heterocycles. The van der Waals surface area contributed by atoms with E-state index < -0.39 is 10.8 Å². The van der Waals surface area contributed by atoms with Crippen LogP contribution in [0.3, 0.4) is 0 Å². The second-order valence-corrected chi connectivity index (χ2v) is 7.64. The fraction of sp³-hybridized carbons (Fsp3) is 0.400. The van der Waals surface area contributed by atoms with Gasteiger partial charge in [-0.2, -0.15) is 0 Å². The highest BCUT2D eigenvalue weighted by atomic mass is 16.2. The summed E-state index contributed by atoms with van der Waals surface area (Å²) in [6, 6.07) is 3.22. The smallest absolute Gasteiger partial charge is 0.229 e. The van der Waals surface area contributed by atoms with E-state index >= 15 is 0 Å². The quantitative estimate of drug-likeness (QED) is 0.816. The van der Waals surface area contributed by atoms with Gasteiger partial charge in [-0.3, -0.25) is 9.59 Å². The van der Waals surface area contributed by atoms with Crippen LogP contribution in [0.25, 0.3) is 0 Å². The Morgan fingerprint density at radius 2 is 1.12 bits per heavy atom. The third kappa shape index (κ3) is 4.64. The Hall–Kier alpha value is -2.72. The molecule has 4 nitrogen and oxygen atoms in total. The van der Waals surface area contributed by atoms with Crippen molar-refractivity contribution in [2.45, 2.75) is 41.5 Å². The van der Waals surface area contributed by atoms with Crippen LogP contribution in [0.2, 0.25) is 0 Å². The zero-order chi connectivity index (χ0) is 18.7. The van der Waals surface area contributed by atoms with Gasteiger partial charge >= 0.3 is 0 Å². The minimum Gasteiger partial charge on any atom is -0.324 e. The third-order valence-corrected chi connectivity index (χ3v) is 3.33. The Morgan fingerprint density at radius 3 is 1.38 bits per heavy atom. The molecule has 0 bridgehead atoms. The maximum Gasteiger partial charge on any atom is 0.229 e. The molecule has 1 rings (SSSR count). The number of terminal acetylenes is 2. The number of anilines is 2. The van der Waals surface area contributed by atoms with Gasteiger partial charge in [-0.05, 0) is 12.1 Å². The monoisotopic (exact) mass is 324 g/mol. The zero-order valence-corrected chi connectivity index (χ0v) is 15.1. The van der Waals surface area contributed by atoms with Gasteiger partial charge in [0.15, 0.2) is 0 Å². The summed E-state index contributed by atoms with van der Waals surface area (Å²) in [7, 11) is 0. The summed E-state index contributed by atoms with van der Waals surface area (Å²) in [4.78, 5) is 24.5. The summed E-state index contributed by atoms with van der Waals surface area (Å²) < 4.78 is 0. The molecule has 0 saturated heterocycles. The Bertz CT molecular complexity index is 687. The van der Waals surface area contributed by atoms with Gasteiger partial charge in [0.2, 0.25) is 11.8 Å². The summed E-state index contributed by atoms with van der Waals surface area (Å²) >= 11 is 0. The predicted molar refractivity (Wildman–Crippen MR) is 98.5 cm³/mol. The van der Waals surface area contributed by atoms with Crippen molar-refractivity contribution in [3.8, 4) is 24.7 Å². The molecule has 0 aliphatic heterocycles. The topological polar surface area (TPSA) is 58.2 Å². The largest absolute Gasteiger partial charge is 0.324 e. The first kappa shape index (κ1) is 19.3. The van der Waals surface area contributed by atoms with Crippen LogP contribution in [0.15, 0.2) is 12.1 Å². The lowest BCUT2D eigenvalue weighted by Crippen LogP contribution is -2.29. The van der Waals surface area contributed by atoms with Crippen molar-refractivity contribution >= 4 is 23.2 Å². The van der Waals surface area contributed by atoms with Gasteiger partial charge in [-0.15, -0.1) is 12.8 Å². The van der Waals surface area contributed by atoms with Gasteiger partial charge in [0.1, 0.15) is 0 Å². The molecule has 2 amide bonds. The molecule has 2 N–H and O–H groups in total. The summed E-state index contributed by atoms with van der Waals surface area (Å²) in [5.74, 6) is 4.67. The van der Waals surface area contributed by atoms with E-state index in [1.165, 1.54) is 0 Å².